The number of nitrogens with one attached hydrogen (secondary N) is 1. The van der Waals surface area contributed by atoms with Crippen LogP contribution in [0.15, 0.2) is 12.3 Å². The minimum atomic E-state index is -0.929. The summed E-state index contributed by atoms with van der Waals surface area (Å²) in [6, 6.07) is -0.929. The fraction of sp³-hybridized carbons (Fsp3) is 0.583. The monoisotopic (exact) mass is 286 g/mol. The van der Waals surface area contributed by atoms with Gasteiger partial charge in [0, 0.05) is 17.6 Å². The van der Waals surface area contributed by atoms with Crippen LogP contribution in [0.3, 0.4) is 0 Å². The summed E-state index contributed by atoms with van der Waals surface area (Å²) in [4.78, 5) is 25.3. The van der Waals surface area contributed by atoms with E-state index in [4.69, 9.17) is 22.1 Å². The topological polar surface area (TPSA) is 78.9 Å². The van der Waals surface area contributed by atoms with Crippen LogP contribution in [0, 0.1) is 0 Å². The first-order chi connectivity index (χ1) is 8.76. The maximum absolute atomic E-state index is 12.1. The van der Waals surface area contributed by atoms with Crippen LogP contribution in [0.1, 0.15) is 20.8 Å². The smallest absolute Gasteiger partial charge is 0.411 e. The Bertz CT molecular complexity index is 414. The van der Waals surface area contributed by atoms with Gasteiger partial charge in [-0.25, -0.2) is 4.79 Å². The Labute approximate surface area is 117 Å². The molecule has 1 aliphatic heterocycles. The third kappa shape index (κ3) is 4.29. The van der Waals surface area contributed by atoms with Crippen LogP contribution >= 0.6 is 12.2 Å². The van der Waals surface area contributed by atoms with Crippen LogP contribution in [0.4, 0.5) is 4.79 Å². The fourth-order valence-corrected chi connectivity index (χ4v) is 1.86. The zero-order valence-electron chi connectivity index (χ0n) is 11.2. The van der Waals surface area contributed by atoms with Gasteiger partial charge >= 0.3 is 6.09 Å². The van der Waals surface area contributed by atoms with Crippen molar-refractivity contribution in [3.63, 3.8) is 0 Å². The molecule has 1 rings (SSSR count). The highest BCUT2D eigenvalue weighted by molar-refractivity contribution is 7.81. The quantitative estimate of drug-likeness (QED) is 0.743. The molecular weight excluding hydrogens is 268 g/mol. The minimum Gasteiger partial charge on any atom is -0.444 e. The summed E-state index contributed by atoms with van der Waals surface area (Å²) in [5.41, 5.74) is -0.687. The molecule has 0 saturated carbocycles. The van der Waals surface area contributed by atoms with Crippen LogP contribution in [-0.4, -0.2) is 51.7 Å². The molecule has 19 heavy (non-hydrogen) atoms. The Kier molecular flexibility index (Phi) is 5.02. The molecule has 106 valence electrons. The summed E-state index contributed by atoms with van der Waals surface area (Å²) in [5, 5.41) is 11.5. The highest BCUT2D eigenvalue weighted by Gasteiger charge is 2.35. The number of aliphatic hydroxyl groups excluding tert-OH is 1. The maximum Gasteiger partial charge on any atom is 0.411 e. The van der Waals surface area contributed by atoms with Crippen molar-refractivity contribution in [1.29, 1.82) is 0 Å². The highest BCUT2D eigenvalue weighted by Crippen LogP contribution is 2.14. The molecular formula is C12H18N2O4S. The average molecular weight is 286 g/mol. The molecule has 0 fully saturated rings. The molecule has 1 heterocycles. The van der Waals surface area contributed by atoms with Crippen molar-refractivity contribution in [3.05, 3.63) is 12.3 Å². The molecule has 1 atom stereocenters. The van der Waals surface area contributed by atoms with E-state index in [0.29, 0.717) is 4.86 Å². The van der Waals surface area contributed by atoms with Crippen molar-refractivity contribution in [1.82, 2.24) is 10.2 Å². The normalized spacial score (nSPS) is 19.1. The number of aliphatic hydroxyl groups is 1. The molecule has 0 aromatic rings. The van der Waals surface area contributed by atoms with Crippen LogP contribution in [0.25, 0.3) is 0 Å². The van der Waals surface area contributed by atoms with Crippen molar-refractivity contribution in [3.8, 4) is 0 Å². The first-order valence-electron chi connectivity index (χ1n) is 5.87. The number of ether oxygens (including phenoxy) is 1. The van der Waals surface area contributed by atoms with Crippen molar-refractivity contribution < 1.29 is 19.4 Å². The summed E-state index contributed by atoms with van der Waals surface area (Å²) >= 11 is 5.08. The van der Waals surface area contributed by atoms with Crippen molar-refractivity contribution in [2.24, 2.45) is 0 Å². The second kappa shape index (κ2) is 6.12. The number of amides is 2. The number of hydrogen-bond acceptors (Lipinski definition) is 5. The number of carbonyl (C=O) groups is 2. The summed E-state index contributed by atoms with van der Waals surface area (Å²) in [7, 11) is 0. The van der Waals surface area contributed by atoms with Crippen LogP contribution in [0.2, 0.25) is 0 Å². The first-order valence-corrected chi connectivity index (χ1v) is 6.28. The van der Waals surface area contributed by atoms with E-state index in [9.17, 15) is 9.59 Å². The number of carbonyl (C=O) groups excluding carboxylic acids is 2. The Balaban J connectivity index is 2.93. The zero-order chi connectivity index (χ0) is 14.6. The lowest BCUT2D eigenvalue weighted by molar-refractivity contribution is -0.123. The Morgan fingerprint density at radius 1 is 1.58 bits per heavy atom. The van der Waals surface area contributed by atoms with E-state index in [1.54, 1.807) is 20.8 Å². The number of hydrogen-bond donors (Lipinski definition) is 2. The SMILES string of the molecule is CC(C)(C)OC(=O)N(CCO)C1C(=O)NC=CC1=S. The Hall–Kier alpha value is -1.47. The molecule has 2 N–H and O–H groups in total. The molecule has 1 aliphatic rings. The third-order valence-corrected chi connectivity index (χ3v) is 2.63. The van der Waals surface area contributed by atoms with Gasteiger partial charge in [0.15, 0.2) is 0 Å². The summed E-state index contributed by atoms with van der Waals surface area (Å²) in [6.45, 7) is 4.86. The lowest BCUT2D eigenvalue weighted by Gasteiger charge is -2.33. The summed E-state index contributed by atoms with van der Waals surface area (Å²) in [6.07, 6.45) is 2.28. The molecule has 0 radical (unpaired) electrons. The number of thiocarbonyl (C=S) groups is 1. The van der Waals surface area contributed by atoms with Gasteiger partial charge in [0.1, 0.15) is 11.6 Å². The molecule has 2 amide bonds. The standard InChI is InChI=1S/C12H18N2O4S/c1-12(2,3)18-11(17)14(6-7-15)9-8(19)4-5-13-10(9)16/h4-5,9,15H,6-7H2,1-3H3,(H,13,16). The van der Waals surface area contributed by atoms with Gasteiger partial charge in [-0.2, -0.15) is 0 Å². The van der Waals surface area contributed by atoms with Crippen LogP contribution in [-0.2, 0) is 9.53 Å². The van der Waals surface area contributed by atoms with Crippen molar-refractivity contribution >= 4 is 29.1 Å². The van der Waals surface area contributed by atoms with Gasteiger partial charge in [-0.1, -0.05) is 12.2 Å². The van der Waals surface area contributed by atoms with E-state index in [1.165, 1.54) is 12.3 Å². The van der Waals surface area contributed by atoms with E-state index in [2.05, 4.69) is 5.32 Å². The van der Waals surface area contributed by atoms with E-state index in [-0.39, 0.29) is 13.2 Å². The van der Waals surface area contributed by atoms with E-state index in [0.717, 1.165) is 4.90 Å². The summed E-state index contributed by atoms with van der Waals surface area (Å²) in [5.74, 6) is -0.410. The first kappa shape index (κ1) is 15.6. The average Bonchev–Trinajstić information content (AvgIpc) is 2.25. The van der Waals surface area contributed by atoms with Crippen LogP contribution < -0.4 is 5.32 Å². The van der Waals surface area contributed by atoms with Gasteiger partial charge in [-0.15, -0.1) is 0 Å². The molecule has 6 nitrogen and oxygen atoms in total. The Morgan fingerprint density at radius 2 is 2.21 bits per heavy atom. The van der Waals surface area contributed by atoms with Gasteiger partial charge in [0.2, 0.25) is 0 Å². The molecule has 0 aromatic heterocycles. The molecule has 0 spiro atoms. The second-order valence-corrected chi connectivity index (χ2v) is 5.52. The Morgan fingerprint density at radius 3 is 2.68 bits per heavy atom. The molecule has 0 saturated heterocycles. The molecule has 0 aliphatic carbocycles. The number of nitrogens with zero attached hydrogens (tertiary/aromatic N) is 1. The lowest BCUT2D eigenvalue weighted by atomic mass is 10.1. The number of rotatable bonds is 3. The predicted octanol–water partition coefficient (Wildman–Crippen LogP) is 0.598. The lowest BCUT2D eigenvalue weighted by Crippen LogP contribution is -2.55. The molecule has 0 aromatic carbocycles. The van der Waals surface area contributed by atoms with Crippen molar-refractivity contribution in [2.45, 2.75) is 32.4 Å². The van der Waals surface area contributed by atoms with Gasteiger partial charge in [-0.3, -0.25) is 9.69 Å². The zero-order valence-corrected chi connectivity index (χ0v) is 12.0. The maximum atomic E-state index is 12.1. The highest BCUT2D eigenvalue weighted by atomic mass is 32.1. The van der Waals surface area contributed by atoms with E-state index < -0.39 is 23.6 Å². The van der Waals surface area contributed by atoms with Crippen molar-refractivity contribution in [2.75, 3.05) is 13.2 Å². The third-order valence-electron chi connectivity index (χ3n) is 2.27. The molecule has 1 unspecified atom stereocenters. The predicted molar refractivity (Wildman–Crippen MR) is 73.7 cm³/mol. The van der Waals surface area contributed by atoms with Crippen LogP contribution in [0.5, 0.6) is 0 Å². The van der Waals surface area contributed by atoms with Gasteiger partial charge in [0.25, 0.3) is 5.91 Å². The largest absolute Gasteiger partial charge is 0.444 e. The molecule has 0 bridgehead atoms. The van der Waals surface area contributed by atoms with E-state index in [1.807, 2.05) is 0 Å². The molecule has 7 heteroatoms. The van der Waals surface area contributed by atoms with Gasteiger partial charge < -0.3 is 15.2 Å². The second-order valence-electron chi connectivity index (χ2n) is 5.04. The minimum absolute atomic E-state index is 0.0268. The fourth-order valence-electron chi connectivity index (χ4n) is 1.55. The summed E-state index contributed by atoms with van der Waals surface area (Å²) < 4.78 is 5.21. The van der Waals surface area contributed by atoms with E-state index >= 15 is 0 Å². The van der Waals surface area contributed by atoms with Gasteiger partial charge in [-0.05, 0) is 26.8 Å². The van der Waals surface area contributed by atoms with Gasteiger partial charge in [0.05, 0.1) is 6.61 Å².